The van der Waals surface area contributed by atoms with Crippen molar-refractivity contribution in [1.29, 1.82) is 0 Å². The molecule has 0 aromatic heterocycles. The van der Waals surface area contributed by atoms with Gasteiger partial charge >= 0.3 is 0 Å². The van der Waals surface area contributed by atoms with Crippen LogP contribution >= 0.6 is 0 Å². The third-order valence-electron chi connectivity index (χ3n) is 4.66. The van der Waals surface area contributed by atoms with E-state index in [1.807, 2.05) is 0 Å². The molecule has 1 rings (SSSR count). The Kier molecular flexibility index (Phi) is 7.57. The normalized spacial score (nSPS) is 27.6. The first-order valence-corrected chi connectivity index (χ1v) is 8.19. The maximum atomic E-state index is 12.0. The van der Waals surface area contributed by atoms with Gasteiger partial charge in [0.2, 0.25) is 5.91 Å². The Morgan fingerprint density at radius 2 is 1.81 bits per heavy atom. The van der Waals surface area contributed by atoms with Crippen LogP contribution in [0.3, 0.4) is 0 Å². The van der Waals surface area contributed by atoms with Gasteiger partial charge in [-0.3, -0.25) is 4.79 Å². The molecule has 5 heteroatoms. The van der Waals surface area contributed by atoms with Crippen LogP contribution in [0.4, 0.5) is 0 Å². The van der Waals surface area contributed by atoms with E-state index in [1.54, 1.807) is 0 Å². The summed E-state index contributed by atoms with van der Waals surface area (Å²) in [7, 11) is 2.21. The minimum absolute atomic E-state index is 0.138. The highest BCUT2D eigenvalue weighted by Crippen LogP contribution is 2.25. The fourth-order valence-electron chi connectivity index (χ4n) is 3.25. The fourth-order valence-corrected chi connectivity index (χ4v) is 3.25. The monoisotopic (exact) mass is 296 g/mol. The Labute approximate surface area is 129 Å². The first kappa shape index (κ1) is 17.8. The molecule has 21 heavy (non-hydrogen) atoms. The van der Waals surface area contributed by atoms with Gasteiger partial charge in [-0.25, -0.2) is 0 Å². The molecule has 0 aromatic carbocycles. The minimum Gasteiger partial charge on any atom is -0.403 e. The average Bonchev–Trinajstić information content (AvgIpc) is 2.48. The highest BCUT2D eigenvalue weighted by Gasteiger charge is 2.31. The first-order valence-electron chi connectivity index (χ1n) is 8.19. The van der Waals surface area contributed by atoms with Crippen LogP contribution in [-0.2, 0) is 4.79 Å². The van der Waals surface area contributed by atoms with Crippen molar-refractivity contribution in [2.75, 3.05) is 7.05 Å². The van der Waals surface area contributed by atoms with Crippen molar-refractivity contribution in [3.8, 4) is 0 Å². The van der Waals surface area contributed by atoms with Gasteiger partial charge in [0.05, 0.1) is 0 Å². The summed E-state index contributed by atoms with van der Waals surface area (Å²) in [5, 5.41) is 3.20. The van der Waals surface area contributed by atoms with Gasteiger partial charge in [0.15, 0.2) is 0 Å². The molecule has 1 aliphatic rings. The second kappa shape index (κ2) is 8.93. The van der Waals surface area contributed by atoms with Crippen LogP contribution in [0.15, 0.2) is 11.9 Å². The number of amides is 1. The Morgan fingerprint density at radius 1 is 1.24 bits per heavy atom. The molecule has 2 atom stereocenters. The molecule has 1 saturated heterocycles. The molecule has 1 aliphatic heterocycles. The average molecular weight is 296 g/mol. The summed E-state index contributed by atoms with van der Waals surface area (Å²) in [4.78, 5) is 14.5. The van der Waals surface area contributed by atoms with Gasteiger partial charge in [-0.05, 0) is 45.6 Å². The largest absolute Gasteiger partial charge is 0.403 e. The van der Waals surface area contributed by atoms with E-state index in [2.05, 4.69) is 31.1 Å². The van der Waals surface area contributed by atoms with Crippen LogP contribution in [-0.4, -0.2) is 36.0 Å². The molecule has 1 heterocycles. The summed E-state index contributed by atoms with van der Waals surface area (Å²) in [6.07, 6.45) is 7.76. The quantitative estimate of drug-likeness (QED) is 0.667. The van der Waals surface area contributed by atoms with Crippen molar-refractivity contribution in [1.82, 2.24) is 10.2 Å². The van der Waals surface area contributed by atoms with E-state index in [0.717, 1.165) is 32.1 Å². The molecule has 0 spiro atoms. The van der Waals surface area contributed by atoms with Crippen LogP contribution in [0, 0.1) is 0 Å². The third kappa shape index (κ3) is 5.58. The van der Waals surface area contributed by atoms with Gasteiger partial charge in [-0.15, -0.1) is 0 Å². The summed E-state index contributed by atoms with van der Waals surface area (Å²) in [5.74, 6) is 0.138. The molecule has 1 amide bonds. The number of hydrogen-bond acceptors (Lipinski definition) is 4. The second-order valence-electron chi connectivity index (χ2n) is 6.12. The highest BCUT2D eigenvalue weighted by atomic mass is 16.1. The van der Waals surface area contributed by atoms with Gasteiger partial charge in [-0.2, -0.15) is 0 Å². The van der Waals surface area contributed by atoms with E-state index in [-0.39, 0.29) is 5.91 Å². The molecule has 5 nitrogen and oxygen atoms in total. The molecule has 0 bridgehead atoms. The molecular weight excluding hydrogens is 264 g/mol. The third-order valence-corrected chi connectivity index (χ3v) is 4.66. The van der Waals surface area contributed by atoms with Crippen molar-refractivity contribution in [3.05, 3.63) is 11.9 Å². The second-order valence-corrected chi connectivity index (χ2v) is 6.12. The maximum Gasteiger partial charge on any atom is 0.220 e. The number of allylic oxidation sites excluding steroid dienone is 1. The zero-order valence-electron chi connectivity index (χ0n) is 13.8. The topological polar surface area (TPSA) is 84.4 Å². The summed E-state index contributed by atoms with van der Waals surface area (Å²) >= 11 is 0. The zero-order chi connectivity index (χ0) is 15.8. The Balaban J connectivity index is 2.41. The van der Waals surface area contributed by atoms with E-state index in [4.69, 9.17) is 11.5 Å². The van der Waals surface area contributed by atoms with Crippen LogP contribution < -0.4 is 16.8 Å². The van der Waals surface area contributed by atoms with Gasteiger partial charge < -0.3 is 21.7 Å². The number of nitrogens with two attached hydrogens (primary N) is 2. The van der Waals surface area contributed by atoms with Crippen molar-refractivity contribution in [3.63, 3.8) is 0 Å². The lowest BCUT2D eigenvalue weighted by Crippen LogP contribution is -2.52. The fraction of sp³-hybridized carbons (Fsp3) is 0.812. The number of piperidine rings is 1. The van der Waals surface area contributed by atoms with E-state index >= 15 is 0 Å². The predicted octanol–water partition coefficient (Wildman–Crippen LogP) is 1.68. The molecule has 122 valence electrons. The summed E-state index contributed by atoms with van der Waals surface area (Å²) in [5.41, 5.74) is 11.6. The molecule has 1 fully saturated rings. The number of rotatable bonds is 7. The smallest absolute Gasteiger partial charge is 0.220 e. The molecule has 0 aromatic rings. The lowest BCUT2D eigenvalue weighted by Gasteiger charge is -2.43. The minimum atomic E-state index is 0.138. The SMILES string of the molecule is CCC1CC(NC(=O)CCC/C(N)=C/N)CC(CC)N1C. The summed E-state index contributed by atoms with van der Waals surface area (Å²) < 4.78 is 0. The highest BCUT2D eigenvalue weighted by molar-refractivity contribution is 5.76. The summed E-state index contributed by atoms with van der Waals surface area (Å²) in [6.45, 7) is 4.44. The molecular formula is C16H32N4O. The lowest BCUT2D eigenvalue weighted by molar-refractivity contribution is -0.122. The van der Waals surface area contributed by atoms with E-state index in [0.29, 0.717) is 36.7 Å². The zero-order valence-corrected chi connectivity index (χ0v) is 13.8. The van der Waals surface area contributed by atoms with Crippen molar-refractivity contribution >= 4 is 5.91 Å². The molecule has 0 aliphatic carbocycles. The lowest BCUT2D eigenvalue weighted by atomic mass is 9.89. The van der Waals surface area contributed by atoms with Crippen LogP contribution in [0.5, 0.6) is 0 Å². The van der Waals surface area contributed by atoms with Crippen LogP contribution in [0.2, 0.25) is 0 Å². The Morgan fingerprint density at radius 3 is 2.29 bits per heavy atom. The van der Waals surface area contributed by atoms with Gasteiger partial charge in [0, 0.05) is 36.4 Å². The van der Waals surface area contributed by atoms with E-state index < -0.39 is 0 Å². The Bertz CT molecular complexity index is 342. The molecule has 0 saturated carbocycles. The number of nitrogens with one attached hydrogen (secondary N) is 1. The van der Waals surface area contributed by atoms with Crippen LogP contribution in [0.1, 0.15) is 58.8 Å². The standard InChI is InChI=1S/C16H32N4O/c1-4-14-9-13(10-15(5-2)20(14)3)19-16(21)8-6-7-12(18)11-17/h11,13-15H,4-10,17-18H2,1-3H3,(H,19,21)/b12-11-. The van der Waals surface area contributed by atoms with Gasteiger partial charge in [0.25, 0.3) is 0 Å². The predicted molar refractivity (Wildman–Crippen MR) is 87.4 cm³/mol. The van der Waals surface area contributed by atoms with Crippen molar-refractivity contribution in [2.24, 2.45) is 11.5 Å². The number of carbonyl (C=O) groups excluding carboxylic acids is 1. The first-order chi connectivity index (χ1) is 10.0. The van der Waals surface area contributed by atoms with Crippen molar-refractivity contribution < 1.29 is 4.79 Å². The van der Waals surface area contributed by atoms with Gasteiger partial charge in [-0.1, -0.05) is 13.8 Å². The molecule has 5 N–H and O–H groups in total. The van der Waals surface area contributed by atoms with E-state index in [1.165, 1.54) is 6.20 Å². The summed E-state index contributed by atoms with van der Waals surface area (Å²) in [6, 6.07) is 1.46. The van der Waals surface area contributed by atoms with Crippen LogP contribution in [0.25, 0.3) is 0 Å². The van der Waals surface area contributed by atoms with Gasteiger partial charge in [0.1, 0.15) is 0 Å². The number of nitrogens with zero attached hydrogens (tertiary/aromatic N) is 1. The maximum absolute atomic E-state index is 12.0. The van der Waals surface area contributed by atoms with Crippen molar-refractivity contribution in [2.45, 2.75) is 76.9 Å². The molecule has 2 unspecified atom stereocenters. The number of carbonyl (C=O) groups is 1. The number of likely N-dealkylation sites (tertiary alicyclic amines) is 1. The Hall–Kier alpha value is -1.23. The van der Waals surface area contributed by atoms with E-state index in [9.17, 15) is 4.79 Å². The molecule has 0 radical (unpaired) electrons. The number of hydrogen-bond donors (Lipinski definition) is 3.